The van der Waals surface area contributed by atoms with Crippen LogP contribution in [0.4, 0.5) is 4.79 Å². The average molecular weight is 294 g/mol. The number of nitrogens with zero attached hydrogens (tertiary/aromatic N) is 2. The third-order valence-corrected chi connectivity index (χ3v) is 4.00. The van der Waals surface area contributed by atoms with E-state index in [0.29, 0.717) is 0 Å². The van der Waals surface area contributed by atoms with Crippen molar-refractivity contribution < 1.29 is 9.32 Å². The molecule has 0 aliphatic heterocycles. The number of hydrogen-bond acceptors (Lipinski definition) is 5. The van der Waals surface area contributed by atoms with Gasteiger partial charge in [-0.1, -0.05) is 5.16 Å². The van der Waals surface area contributed by atoms with Gasteiger partial charge in [0, 0.05) is 17.1 Å². The molecule has 0 aliphatic carbocycles. The Bertz CT molecular complexity index is 560. The number of hydrogen-bond donors (Lipinski definition) is 2. The average Bonchev–Trinajstić information content (AvgIpc) is 2.99. The lowest BCUT2D eigenvalue weighted by Gasteiger charge is -2.17. The number of amides is 2. The summed E-state index contributed by atoms with van der Waals surface area (Å²) in [7, 11) is 0. The summed E-state index contributed by atoms with van der Waals surface area (Å²) in [5.74, 6) is 0.725. The van der Waals surface area contributed by atoms with E-state index >= 15 is 0 Å². The molecule has 0 saturated heterocycles. The number of thiazole rings is 1. The predicted octanol–water partition coefficient (Wildman–Crippen LogP) is 2.87. The van der Waals surface area contributed by atoms with Crippen molar-refractivity contribution in [2.45, 2.75) is 39.8 Å². The molecule has 0 radical (unpaired) electrons. The highest BCUT2D eigenvalue weighted by Gasteiger charge is 2.19. The van der Waals surface area contributed by atoms with Gasteiger partial charge in [0.25, 0.3) is 0 Å². The van der Waals surface area contributed by atoms with Crippen LogP contribution >= 0.6 is 11.3 Å². The van der Waals surface area contributed by atoms with Crippen molar-refractivity contribution in [2.24, 2.45) is 0 Å². The fraction of sp³-hybridized carbons (Fsp3) is 0.462. The van der Waals surface area contributed by atoms with Crippen LogP contribution in [0.5, 0.6) is 0 Å². The topological polar surface area (TPSA) is 80.0 Å². The molecule has 6 nitrogen and oxygen atoms in total. The summed E-state index contributed by atoms with van der Waals surface area (Å²) in [6.07, 6.45) is 1.72. The first-order valence-electron chi connectivity index (χ1n) is 6.38. The summed E-state index contributed by atoms with van der Waals surface area (Å²) < 4.78 is 5.11. The van der Waals surface area contributed by atoms with Crippen molar-refractivity contribution in [2.75, 3.05) is 0 Å². The number of rotatable bonds is 4. The maximum absolute atomic E-state index is 12.0. The molecular formula is C13H18N4O2S. The lowest BCUT2D eigenvalue weighted by molar-refractivity contribution is 0.235. The van der Waals surface area contributed by atoms with Crippen molar-refractivity contribution in [3.63, 3.8) is 0 Å². The second kappa shape index (κ2) is 6.04. The number of aromatic nitrogens is 2. The number of aryl methyl sites for hydroxylation is 2. The number of carbonyl (C=O) groups is 1. The molecule has 2 amide bonds. The van der Waals surface area contributed by atoms with Crippen LogP contribution in [-0.4, -0.2) is 16.2 Å². The summed E-state index contributed by atoms with van der Waals surface area (Å²) in [6, 6.07) is -0.517. The highest BCUT2D eigenvalue weighted by atomic mass is 32.1. The van der Waals surface area contributed by atoms with E-state index in [1.54, 1.807) is 6.20 Å². The molecule has 2 rings (SSSR count). The third-order valence-electron chi connectivity index (χ3n) is 3.04. The van der Waals surface area contributed by atoms with Gasteiger partial charge in [-0.3, -0.25) is 0 Å². The Morgan fingerprint density at radius 3 is 2.55 bits per heavy atom. The lowest BCUT2D eigenvalue weighted by atomic mass is 10.1. The molecule has 7 heteroatoms. The van der Waals surface area contributed by atoms with Gasteiger partial charge in [-0.2, -0.15) is 0 Å². The van der Waals surface area contributed by atoms with E-state index in [4.69, 9.17) is 4.52 Å². The van der Waals surface area contributed by atoms with Gasteiger partial charge in [-0.05, 0) is 27.7 Å². The lowest BCUT2D eigenvalue weighted by Crippen LogP contribution is -2.38. The summed E-state index contributed by atoms with van der Waals surface area (Å²) in [5.41, 5.74) is 1.71. The van der Waals surface area contributed by atoms with Gasteiger partial charge in [0.15, 0.2) is 0 Å². The molecule has 0 spiro atoms. The quantitative estimate of drug-likeness (QED) is 0.908. The van der Waals surface area contributed by atoms with Crippen LogP contribution in [0.2, 0.25) is 0 Å². The van der Waals surface area contributed by atoms with Gasteiger partial charge in [0.1, 0.15) is 10.8 Å². The minimum Gasteiger partial charge on any atom is -0.361 e. The SMILES string of the molecule is Cc1noc(C)c1[C@@H](C)NC(=O)N[C@H](C)c1nccs1. The minimum atomic E-state index is -0.236. The largest absolute Gasteiger partial charge is 0.361 e. The molecule has 0 bridgehead atoms. The summed E-state index contributed by atoms with van der Waals surface area (Å²) in [4.78, 5) is 16.2. The molecule has 2 atom stereocenters. The van der Waals surface area contributed by atoms with Crippen molar-refractivity contribution in [1.82, 2.24) is 20.8 Å². The second-order valence-electron chi connectivity index (χ2n) is 4.67. The smallest absolute Gasteiger partial charge is 0.315 e. The monoisotopic (exact) mass is 294 g/mol. The molecule has 0 aromatic carbocycles. The van der Waals surface area contributed by atoms with Gasteiger partial charge in [-0.15, -0.1) is 11.3 Å². The van der Waals surface area contributed by atoms with Crippen molar-refractivity contribution >= 4 is 17.4 Å². The molecule has 0 fully saturated rings. The molecule has 0 saturated carbocycles. The minimum absolute atomic E-state index is 0.119. The van der Waals surface area contributed by atoms with E-state index in [1.165, 1.54) is 11.3 Å². The maximum Gasteiger partial charge on any atom is 0.315 e. The number of carbonyl (C=O) groups excluding carboxylic acids is 1. The molecule has 2 N–H and O–H groups in total. The van der Waals surface area contributed by atoms with Crippen LogP contribution in [0.25, 0.3) is 0 Å². The Morgan fingerprint density at radius 1 is 1.30 bits per heavy atom. The highest BCUT2D eigenvalue weighted by molar-refractivity contribution is 7.09. The molecule has 2 aromatic rings. The highest BCUT2D eigenvalue weighted by Crippen LogP contribution is 2.21. The van der Waals surface area contributed by atoms with Crippen LogP contribution in [0.15, 0.2) is 16.1 Å². The Kier molecular flexibility index (Phi) is 4.39. The van der Waals surface area contributed by atoms with Gasteiger partial charge in [0.2, 0.25) is 0 Å². The van der Waals surface area contributed by atoms with Gasteiger partial charge in [0.05, 0.1) is 17.8 Å². The van der Waals surface area contributed by atoms with E-state index in [0.717, 1.165) is 22.0 Å². The van der Waals surface area contributed by atoms with E-state index < -0.39 is 0 Å². The van der Waals surface area contributed by atoms with Crippen LogP contribution in [0.1, 0.15) is 48.0 Å². The summed E-state index contributed by atoms with van der Waals surface area (Å²) >= 11 is 1.52. The van der Waals surface area contributed by atoms with Crippen LogP contribution in [-0.2, 0) is 0 Å². The van der Waals surface area contributed by atoms with Crippen LogP contribution in [0.3, 0.4) is 0 Å². The first-order chi connectivity index (χ1) is 9.49. The predicted molar refractivity (Wildman–Crippen MR) is 76.6 cm³/mol. The zero-order valence-corrected chi connectivity index (χ0v) is 12.7. The number of urea groups is 1. The normalized spacial score (nSPS) is 13.8. The van der Waals surface area contributed by atoms with Crippen LogP contribution in [0, 0.1) is 13.8 Å². The summed E-state index contributed by atoms with van der Waals surface area (Å²) in [5, 5.41) is 12.4. The molecule has 20 heavy (non-hydrogen) atoms. The zero-order chi connectivity index (χ0) is 14.7. The molecule has 0 aliphatic rings. The van der Waals surface area contributed by atoms with E-state index in [-0.39, 0.29) is 18.1 Å². The van der Waals surface area contributed by atoms with Crippen molar-refractivity contribution in [1.29, 1.82) is 0 Å². The van der Waals surface area contributed by atoms with E-state index in [9.17, 15) is 4.79 Å². The Hall–Kier alpha value is -1.89. The Balaban J connectivity index is 1.95. The van der Waals surface area contributed by atoms with Crippen molar-refractivity contribution in [3.8, 4) is 0 Å². The molecular weight excluding hydrogens is 276 g/mol. The Morgan fingerprint density at radius 2 is 2.00 bits per heavy atom. The van der Waals surface area contributed by atoms with E-state index in [2.05, 4.69) is 20.8 Å². The first kappa shape index (κ1) is 14.5. The first-order valence-corrected chi connectivity index (χ1v) is 7.26. The van der Waals surface area contributed by atoms with Gasteiger partial charge in [-0.25, -0.2) is 9.78 Å². The standard InChI is InChI=1S/C13H18N4O2S/c1-7(11-8(2)17-19-10(11)4)15-13(18)16-9(3)12-14-5-6-20-12/h5-7,9H,1-4H3,(H2,15,16,18)/t7-,9-/m1/s1. The molecule has 0 unspecified atom stereocenters. The number of nitrogens with one attached hydrogen (secondary N) is 2. The summed E-state index contributed by atoms with van der Waals surface area (Å²) in [6.45, 7) is 7.50. The molecule has 2 heterocycles. The fourth-order valence-corrected chi connectivity index (χ4v) is 2.77. The maximum atomic E-state index is 12.0. The zero-order valence-electron chi connectivity index (χ0n) is 11.9. The van der Waals surface area contributed by atoms with Gasteiger partial charge < -0.3 is 15.2 Å². The Labute approximate surface area is 121 Å². The second-order valence-corrected chi connectivity index (χ2v) is 5.60. The fourth-order valence-electron chi connectivity index (χ4n) is 2.13. The third kappa shape index (κ3) is 3.16. The van der Waals surface area contributed by atoms with E-state index in [1.807, 2.05) is 33.1 Å². The van der Waals surface area contributed by atoms with Crippen molar-refractivity contribution in [3.05, 3.63) is 33.6 Å². The van der Waals surface area contributed by atoms with Crippen LogP contribution < -0.4 is 10.6 Å². The molecule has 2 aromatic heterocycles. The molecule has 108 valence electrons. The van der Waals surface area contributed by atoms with Gasteiger partial charge >= 0.3 is 6.03 Å².